The van der Waals surface area contributed by atoms with Crippen LogP contribution in [-0.2, 0) is 4.79 Å². The van der Waals surface area contributed by atoms with Crippen LogP contribution >= 0.6 is 0 Å². The highest BCUT2D eigenvalue weighted by Crippen LogP contribution is 2.15. The van der Waals surface area contributed by atoms with E-state index in [0.29, 0.717) is 5.69 Å². The van der Waals surface area contributed by atoms with Crippen LogP contribution in [-0.4, -0.2) is 25.8 Å². The van der Waals surface area contributed by atoms with Crippen LogP contribution in [0.4, 0.5) is 5.95 Å². The number of nitrogens with one attached hydrogen (secondary N) is 2. The zero-order valence-electron chi connectivity index (χ0n) is 14.4. The fraction of sp³-hybridized carbons (Fsp3) is 0.471. The molecule has 24 heavy (non-hydrogen) atoms. The Labute approximate surface area is 140 Å². The van der Waals surface area contributed by atoms with E-state index in [1.54, 1.807) is 20.8 Å². The molecule has 0 unspecified atom stereocenters. The molecule has 0 aliphatic carbocycles. The van der Waals surface area contributed by atoms with E-state index in [9.17, 15) is 9.59 Å². The molecule has 2 aromatic heterocycles. The Balaban J connectivity index is 2.31. The standard InChI is InChI=1S/C17H21N5O2/c1-5-6-7-8-9-11-10-18-13-12(19-11)14(23)21-16(20-13)22-15(24)17(2,3)4/h10H,5-7H2,1-4H3,(H2,18,20,21,22,23,24). The molecule has 0 saturated carbocycles. The van der Waals surface area contributed by atoms with Crippen molar-refractivity contribution < 1.29 is 4.79 Å². The number of amides is 1. The first kappa shape index (κ1) is 17.6. The van der Waals surface area contributed by atoms with Gasteiger partial charge >= 0.3 is 0 Å². The highest BCUT2D eigenvalue weighted by molar-refractivity contribution is 5.93. The number of hydrogen-bond acceptors (Lipinski definition) is 5. The van der Waals surface area contributed by atoms with Crippen molar-refractivity contribution in [3.05, 3.63) is 22.2 Å². The quantitative estimate of drug-likeness (QED) is 0.665. The maximum absolute atomic E-state index is 12.2. The van der Waals surface area contributed by atoms with Gasteiger partial charge in [0, 0.05) is 11.8 Å². The molecule has 2 aromatic rings. The SMILES string of the molecule is CCCCC#Cc1cnc2nc(NC(=O)C(C)(C)C)[nH]c(=O)c2n1. The van der Waals surface area contributed by atoms with Crippen LogP contribution < -0.4 is 10.9 Å². The first-order chi connectivity index (χ1) is 11.3. The van der Waals surface area contributed by atoms with Gasteiger partial charge in [-0.15, -0.1) is 0 Å². The van der Waals surface area contributed by atoms with Gasteiger partial charge in [0.15, 0.2) is 11.2 Å². The molecular formula is C17H21N5O2. The van der Waals surface area contributed by atoms with Gasteiger partial charge in [-0.1, -0.05) is 40.0 Å². The molecule has 2 heterocycles. The second-order valence-corrected chi connectivity index (χ2v) is 6.45. The molecule has 7 heteroatoms. The van der Waals surface area contributed by atoms with Crippen LogP contribution in [0.2, 0.25) is 0 Å². The number of hydrogen-bond donors (Lipinski definition) is 2. The fourth-order valence-corrected chi connectivity index (χ4v) is 1.75. The molecule has 2 N–H and O–H groups in total. The summed E-state index contributed by atoms with van der Waals surface area (Å²) in [6.07, 6.45) is 4.35. The number of fused-ring (bicyclic) bond motifs is 1. The van der Waals surface area contributed by atoms with Gasteiger partial charge in [0.05, 0.1) is 6.20 Å². The second kappa shape index (κ2) is 7.21. The zero-order chi connectivity index (χ0) is 17.7. The third-order valence-corrected chi connectivity index (χ3v) is 3.20. The summed E-state index contributed by atoms with van der Waals surface area (Å²) in [6.45, 7) is 7.40. The van der Waals surface area contributed by atoms with Crippen molar-refractivity contribution in [1.29, 1.82) is 0 Å². The van der Waals surface area contributed by atoms with Crippen LogP contribution in [0, 0.1) is 17.3 Å². The van der Waals surface area contributed by atoms with Crippen molar-refractivity contribution in [2.45, 2.75) is 47.0 Å². The normalized spacial score (nSPS) is 11.0. The summed E-state index contributed by atoms with van der Waals surface area (Å²) in [5.74, 6) is 5.70. The summed E-state index contributed by atoms with van der Waals surface area (Å²) in [4.78, 5) is 39.1. The number of anilines is 1. The Morgan fingerprint density at radius 1 is 1.33 bits per heavy atom. The van der Waals surface area contributed by atoms with Gasteiger partial charge in [-0.2, -0.15) is 4.98 Å². The van der Waals surface area contributed by atoms with Crippen LogP contribution in [0.3, 0.4) is 0 Å². The molecule has 0 radical (unpaired) electrons. The summed E-state index contributed by atoms with van der Waals surface area (Å²) in [5.41, 5.74) is -0.364. The predicted molar refractivity (Wildman–Crippen MR) is 92.4 cm³/mol. The van der Waals surface area contributed by atoms with E-state index in [0.717, 1.165) is 19.3 Å². The Kier molecular flexibility index (Phi) is 5.29. The number of nitrogens with zero attached hydrogens (tertiary/aromatic N) is 3. The molecule has 0 fully saturated rings. The Morgan fingerprint density at radius 2 is 2.08 bits per heavy atom. The fourth-order valence-electron chi connectivity index (χ4n) is 1.75. The Bertz CT molecular complexity index is 868. The van der Waals surface area contributed by atoms with Gasteiger partial charge in [0.25, 0.3) is 5.56 Å². The van der Waals surface area contributed by atoms with Crippen molar-refractivity contribution in [2.24, 2.45) is 5.41 Å². The van der Waals surface area contributed by atoms with Gasteiger partial charge in [-0.05, 0) is 12.3 Å². The van der Waals surface area contributed by atoms with E-state index < -0.39 is 11.0 Å². The molecular weight excluding hydrogens is 306 g/mol. The molecule has 2 rings (SSSR count). The molecule has 1 amide bonds. The van der Waals surface area contributed by atoms with E-state index in [1.165, 1.54) is 6.20 Å². The lowest BCUT2D eigenvalue weighted by Crippen LogP contribution is -2.29. The highest BCUT2D eigenvalue weighted by Gasteiger charge is 2.22. The van der Waals surface area contributed by atoms with Crippen LogP contribution in [0.15, 0.2) is 11.0 Å². The Hall–Kier alpha value is -2.75. The largest absolute Gasteiger partial charge is 0.296 e. The van der Waals surface area contributed by atoms with Gasteiger partial charge in [0.1, 0.15) is 5.69 Å². The minimum absolute atomic E-state index is 0.0588. The summed E-state index contributed by atoms with van der Waals surface area (Å²) < 4.78 is 0. The van der Waals surface area contributed by atoms with Gasteiger partial charge in [0.2, 0.25) is 11.9 Å². The van der Waals surface area contributed by atoms with E-state index in [-0.39, 0.29) is 23.0 Å². The highest BCUT2D eigenvalue weighted by atomic mass is 16.2. The van der Waals surface area contributed by atoms with Crippen LogP contribution in [0.1, 0.15) is 52.7 Å². The summed E-state index contributed by atoms with van der Waals surface area (Å²) in [5, 5.41) is 2.58. The lowest BCUT2D eigenvalue weighted by molar-refractivity contribution is -0.123. The topological polar surface area (TPSA) is 101 Å². The van der Waals surface area contributed by atoms with Crippen LogP contribution in [0.5, 0.6) is 0 Å². The molecule has 126 valence electrons. The first-order valence-electron chi connectivity index (χ1n) is 7.88. The first-order valence-corrected chi connectivity index (χ1v) is 7.88. The van der Waals surface area contributed by atoms with E-state index >= 15 is 0 Å². The predicted octanol–water partition coefficient (Wildman–Crippen LogP) is 2.24. The molecule has 0 aromatic carbocycles. The van der Waals surface area contributed by atoms with Crippen molar-refractivity contribution in [3.8, 4) is 11.8 Å². The van der Waals surface area contributed by atoms with Gasteiger partial charge in [-0.3, -0.25) is 19.9 Å². The molecule has 0 spiro atoms. The molecule has 0 bridgehead atoms. The van der Waals surface area contributed by atoms with Crippen molar-refractivity contribution in [1.82, 2.24) is 19.9 Å². The lowest BCUT2D eigenvalue weighted by atomic mass is 9.96. The minimum atomic E-state index is -0.600. The number of carbonyl (C=O) groups excluding carboxylic acids is 1. The third kappa shape index (κ3) is 4.38. The van der Waals surface area contributed by atoms with Crippen molar-refractivity contribution in [2.75, 3.05) is 5.32 Å². The summed E-state index contributed by atoms with van der Waals surface area (Å²) in [6, 6.07) is 0. The monoisotopic (exact) mass is 327 g/mol. The molecule has 0 aliphatic heterocycles. The molecule has 0 saturated heterocycles. The molecule has 0 aliphatic rings. The van der Waals surface area contributed by atoms with E-state index in [2.05, 4.69) is 44.0 Å². The second-order valence-electron chi connectivity index (χ2n) is 6.45. The molecule has 7 nitrogen and oxygen atoms in total. The number of rotatable bonds is 3. The van der Waals surface area contributed by atoms with E-state index in [4.69, 9.17) is 0 Å². The minimum Gasteiger partial charge on any atom is -0.296 e. The Morgan fingerprint density at radius 3 is 2.75 bits per heavy atom. The number of H-pyrrole nitrogens is 1. The number of carbonyl (C=O) groups is 1. The third-order valence-electron chi connectivity index (χ3n) is 3.20. The maximum Gasteiger partial charge on any atom is 0.280 e. The molecule has 0 atom stereocenters. The maximum atomic E-state index is 12.2. The summed E-state index contributed by atoms with van der Waals surface area (Å²) in [7, 11) is 0. The smallest absolute Gasteiger partial charge is 0.280 e. The van der Waals surface area contributed by atoms with Crippen molar-refractivity contribution in [3.63, 3.8) is 0 Å². The lowest BCUT2D eigenvalue weighted by Gasteiger charge is -2.16. The number of aromatic amines is 1. The zero-order valence-corrected chi connectivity index (χ0v) is 14.4. The van der Waals surface area contributed by atoms with Gasteiger partial charge < -0.3 is 0 Å². The average molecular weight is 327 g/mol. The number of aromatic nitrogens is 4. The number of unbranched alkanes of at least 4 members (excludes halogenated alkanes) is 2. The summed E-state index contributed by atoms with van der Waals surface area (Å²) >= 11 is 0. The van der Waals surface area contributed by atoms with Gasteiger partial charge in [-0.25, -0.2) is 9.97 Å². The average Bonchev–Trinajstić information content (AvgIpc) is 2.51. The van der Waals surface area contributed by atoms with Crippen molar-refractivity contribution >= 4 is 23.0 Å². The van der Waals surface area contributed by atoms with Crippen LogP contribution in [0.25, 0.3) is 11.2 Å². The van der Waals surface area contributed by atoms with E-state index in [1.807, 2.05) is 0 Å².